The molecule has 0 amide bonds. The molecule has 1 aliphatic rings. The molecule has 0 saturated heterocycles. The van der Waals surface area contributed by atoms with Crippen molar-refractivity contribution < 1.29 is 0 Å². The van der Waals surface area contributed by atoms with Gasteiger partial charge in [-0.2, -0.15) is 0 Å². The maximum Gasteiger partial charge on any atom is 0.0410 e. The lowest BCUT2D eigenvalue weighted by Crippen LogP contribution is -2.07. The molecule has 0 nitrogen and oxygen atoms in total. The molecule has 0 N–H and O–H groups in total. The number of hydrogen-bond acceptors (Lipinski definition) is 0. The minimum atomic E-state index is 0.236. The summed E-state index contributed by atoms with van der Waals surface area (Å²) in [5.41, 5.74) is 2.75. The van der Waals surface area contributed by atoms with Crippen LogP contribution in [0.3, 0.4) is 0 Å². The number of hydrogen-bond donors (Lipinski definition) is 0. The van der Waals surface area contributed by atoms with Crippen molar-refractivity contribution in [3.8, 4) is 0 Å². The normalized spacial score (nSPS) is 23.1. The molecule has 2 aromatic rings. The van der Waals surface area contributed by atoms with Crippen LogP contribution in [-0.2, 0) is 6.42 Å². The molecule has 0 bridgehead atoms. The highest BCUT2D eigenvalue weighted by Crippen LogP contribution is 2.51. The Morgan fingerprint density at radius 2 is 1.89 bits per heavy atom. The van der Waals surface area contributed by atoms with Crippen molar-refractivity contribution in [3.63, 3.8) is 0 Å². The Balaban J connectivity index is 1.63. The minimum Gasteiger partial charge on any atom is -0.122 e. The van der Waals surface area contributed by atoms with Crippen molar-refractivity contribution >= 4 is 27.5 Å². The SMILES string of the molecule is ClC(Cc1cccc(Br)c1)C1CC1c1ccccc1. The fourth-order valence-electron chi connectivity index (χ4n) is 2.74. The Hall–Kier alpha value is -0.790. The number of alkyl halides is 1. The Bertz CT molecular complexity index is 552. The van der Waals surface area contributed by atoms with E-state index in [9.17, 15) is 0 Å². The molecule has 98 valence electrons. The molecule has 0 heterocycles. The zero-order valence-corrected chi connectivity index (χ0v) is 12.9. The van der Waals surface area contributed by atoms with Crippen molar-refractivity contribution in [2.45, 2.75) is 24.1 Å². The maximum absolute atomic E-state index is 6.59. The van der Waals surface area contributed by atoms with Crippen LogP contribution >= 0.6 is 27.5 Å². The van der Waals surface area contributed by atoms with Gasteiger partial charge in [0, 0.05) is 9.85 Å². The van der Waals surface area contributed by atoms with E-state index in [2.05, 4.69) is 70.5 Å². The van der Waals surface area contributed by atoms with E-state index in [4.69, 9.17) is 11.6 Å². The summed E-state index contributed by atoms with van der Waals surface area (Å²) in [5, 5.41) is 0.236. The summed E-state index contributed by atoms with van der Waals surface area (Å²) in [5.74, 6) is 1.29. The third-order valence-corrected chi connectivity index (χ3v) is 4.82. The maximum atomic E-state index is 6.59. The van der Waals surface area contributed by atoms with Crippen molar-refractivity contribution in [1.29, 1.82) is 0 Å². The molecule has 0 spiro atoms. The third-order valence-electron chi connectivity index (χ3n) is 3.85. The van der Waals surface area contributed by atoms with Crippen LogP contribution in [0.4, 0.5) is 0 Å². The minimum absolute atomic E-state index is 0.236. The first-order chi connectivity index (χ1) is 9.24. The van der Waals surface area contributed by atoms with E-state index in [1.54, 1.807) is 0 Å². The largest absolute Gasteiger partial charge is 0.122 e. The van der Waals surface area contributed by atoms with E-state index in [-0.39, 0.29) is 5.38 Å². The van der Waals surface area contributed by atoms with Crippen molar-refractivity contribution in [2.75, 3.05) is 0 Å². The highest BCUT2D eigenvalue weighted by atomic mass is 79.9. The predicted octanol–water partition coefficient (Wildman–Crippen LogP) is 5.40. The van der Waals surface area contributed by atoms with Crippen LogP contribution < -0.4 is 0 Å². The smallest absolute Gasteiger partial charge is 0.0410 e. The molecule has 0 aromatic heterocycles. The van der Waals surface area contributed by atoms with E-state index in [1.165, 1.54) is 17.5 Å². The molecule has 19 heavy (non-hydrogen) atoms. The van der Waals surface area contributed by atoms with Gasteiger partial charge in [-0.15, -0.1) is 11.6 Å². The topological polar surface area (TPSA) is 0 Å². The first-order valence-corrected chi connectivity index (χ1v) is 7.90. The fraction of sp³-hybridized carbons (Fsp3) is 0.294. The third kappa shape index (κ3) is 3.21. The van der Waals surface area contributed by atoms with Crippen LogP contribution in [0.2, 0.25) is 0 Å². The quantitative estimate of drug-likeness (QED) is 0.656. The van der Waals surface area contributed by atoms with Crippen LogP contribution in [0, 0.1) is 5.92 Å². The van der Waals surface area contributed by atoms with Crippen LogP contribution in [-0.4, -0.2) is 5.38 Å². The number of rotatable bonds is 4. The molecular formula is C17H16BrCl. The fourth-order valence-corrected chi connectivity index (χ4v) is 3.64. The number of benzene rings is 2. The highest BCUT2D eigenvalue weighted by Gasteiger charge is 2.42. The van der Waals surface area contributed by atoms with Gasteiger partial charge in [-0.05, 0) is 47.9 Å². The first kappa shape index (κ1) is 13.2. The monoisotopic (exact) mass is 334 g/mol. The number of halogens is 2. The van der Waals surface area contributed by atoms with Crippen molar-refractivity contribution in [1.82, 2.24) is 0 Å². The molecule has 3 unspecified atom stereocenters. The zero-order valence-electron chi connectivity index (χ0n) is 10.6. The van der Waals surface area contributed by atoms with Gasteiger partial charge in [-0.3, -0.25) is 0 Å². The van der Waals surface area contributed by atoms with E-state index >= 15 is 0 Å². The Kier molecular flexibility index (Phi) is 3.95. The van der Waals surface area contributed by atoms with Crippen LogP contribution in [0.5, 0.6) is 0 Å². The lowest BCUT2D eigenvalue weighted by atomic mass is 10.0. The van der Waals surface area contributed by atoms with Crippen LogP contribution in [0.1, 0.15) is 23.5 Å². The van der Waals surface area contributed by atoms with E-state index < -0.39 is 0 Å². The molecular weight excluding hydrogens is 320 g/mol. The molecule has 1 fully saturated rings. The average Bonchev–Trinajstić information content (AvgIpc) is 3.20. The summed E-state index contributed by atoms with van der Waals surface area (Å²) in [7, 11) is 0. The van der Waals surface area contributed by atoms with Gasteiger partial charge in [-0.25, -0.2) is 0 Å². The average molecular weight is 336 g/mol. The molecule has 0 aliphatic heterocycles. The second-order valence-corrected chi connectivity index (χ2v) is 6.74. The summed E-state index contributed by atoms with van der Waals surface area (Å²) in [6, 6.07) is 19.2. The second kappa shape index (κ2) is 5.68. The van der Waals surface area contributed by atoms with Gasteiger partial charge in [0.05, 0.1) is 0 Å². The lowest BCUT2D eigenvalue weighted by molar-refractivity contribution is 0.714. The second-order valence-electron chi connectivity index (χ2n) is 5.27. The van der Waals surface area contributed by atoms with Gasteiger partial charge in [0.15, 0.2) is 0 Å². The summed E-state index contributed by atoms with van der Waals surface area (Å²) >= 11 is 10.1. The summed E-state index contributed by atoms with van der Waals surface area (Å²) in [6.07, 6.45) is 2.18. The first-order valence-electron chi connectivity index (χ1n) is 6.67. The van der Waals surface area contributed by atoms with Gasteiger partial charge in [0.2, 0.25) is 0 Å². The van der Waals surface area contributed by atoms with E-state index in [0.717, 1.165) is 10.9 Å². The van der Waals surface area contributed by atoms with Gasteiger partial charge >= 0.3 is 0 Å². The highest BCUT2D eigenvalue weighted by molar-refractivity contribution is 9.10. The summed E-state index contributed by atoms with van der Waals surface area (Å²) in [6.45, 7) is 0. The van der Waals surface area contributed by atoms with E-state index in [1.807, 2.05) is 0 Å². The Morgan fingerprint density at radius 3 is 2.63 bits per heavy atom. The van der Waals surface area contributed by atoms with Gasteiger partial charge in [0.25, 0.3) is 0 Å². The van der Waals surface area contributed by atoms with Crippen molar-refractivity contribution in [3.05, 3.63) is 70.2 Å². The van der Waals surface area contributed by atoms with E-state index in [0.29, 0.717) is 11.8 Å². The van der Waals surface area contributed by atoms with Crippen LogP contribution in [0.15, 0.2) is 59.1 Å². The summed E-state index contributed by atoms with van der Waals surface area (Å²) < 4.78 is 1.13. The molecule has 1 saturated carbocycles. The van der Waals surface area contributed by atoms with Gasteiger partial charge in [0.1, 0.15) is 0 Å². The molecule has 3 rings (SSSR count). The molecule has 1 aliphatic carbocycles. The standard InChI is InChI=1S/C17H16BrCl/c18-14-8-4-5-12(9-14)10-17(19)16-11-15(16)13-6-2-1-3-7-13/h1-9,15-17H,10-11H2. The Morgan fingerprint density at radius 1 is 1.11 bits per heavy atom. The Labute approximate surface area is 127 Å². The molecule has 2 heteroatoms. The molecule has 3 atom stereocenters. The summed E-state index contributed by atoms with van der Waals surface area (Å²) in [4.78, 5) is 0. The lowest BCUT2D eigenvalue weighted by Gasteiger charge is -2.09. The zero-order chi connectivity index (χ0) is 13.2. The molecule has 0 radical (unpaired) electrons. The van der Waals surface area contributed by atoms with Gasteiger partial charge in [-0.1, -0.05) is 58.4 Å². The molecule has 2 aromatic carbocycles. The predicted molar refractivity (Wildman–Crippen MR) is 84.8 cm³/mol. The van der Waals surface area contributed by atoms with Gasteiger partial charge < -0.3 is 0 Å². The van der Waals surface area contributed by atoms with Crippen LogP contribution in [0.25, 0.3) is 0 Å². The van der Waals surface area contributed by atoms with Crippen molar-refractivity contribution in [2.24, 2.45) is 5.92 Å².